The number of hydrogen-bond acceptors (Lipinski definition) is 4. The first kappa shape index (κ1) is 13.6. The van der Waals surface area contributed by atoms with Gasteiger partial charge in [-0.05, 0) is 46.7 Å². The van der Waals surface area contributed by atoms with E-state index in [0.29, 0.717) is 13.1 Å². The Labute approximate surface area is 109 Å². The maximum absolute atomic E-state index is 11.9. The molecule has 104 valence electrons. The van der Waals surface area contributed by atoms with Crippen LogP contribution in [0.3, 0.4) is 0 Å². The largest absolute Gasteiger partial charge is 0.444 e. The average Bonchev–Trinajstić information content (AvgIpc) is 2.82. The summed E-state index contributed by atoms with van der Waals surface area (Å²) in [7, 11) is 0. The molecule has 2 heterocycles. The van der Waals surface area contributed by atoms with Crippen LogP contribution in [0.1, 0.15) is 33.6 Å². The minimum absolute atomic E-state index is 0.0834. The van der Waals surface area contributed by atoms with Crippen molar-refractivity contribution >= 4 is 6.09 Å². The van der Waals surface area contributed by atoms with Crippen LogP contribution in [0.25, 0.3) is 0 Å². The molecule has 1 unspecified atom stereocenters. The number of likely N-dealkylation sites (tertiary alicyclic amines) is 2. The van der Waals surface area contributed by atoms with Gasteiger partial charge in [-0.15, -0.1) is 0 Å². The molecule has 2 fully saturated rings. The van der Waals surface area contributed by atoms with Crippen LogP contribution in [0.2, 0.25) is 0 Å². The van der Waals surface area contributed by atoms with Gasteiger partial charge in [0.15, 0.2) is 0 Å². The Kier molecular flexibility index (Phi) is 3.82. The Morgan fingerprint density at radius 1 is 1.22 bits per heavy atom. The summed E-state index contributed by atoms with van der Waals surface area (Å²) in [5, 5.41) is 10.1. The lowest BCUT2D eigenvalue weighted by atomic mass is 10.2. The number of ether oxygens (including phenoxy) is 1. The van der Waals surface area contributed by atoms with Gasteiger partial charge < -0.3 is 14.7 Å². The third-order valence-electron chi connectivity index (χ3n) is 3.52. The predicted molar refractivity (Wildman–Crippen MR) is 68.4 cm³/mol. The van der Waals surface area contributed by atoms with Crippen molar-refractivity contribution in [1.29, 1.82) is 0 Å². The lowest BCUT2D eigenvalue weighted by molar-refractivity contribution is 0.0269. The van der Waals surface area contributed by atoms with Gasteiger partial charge in [0, 0.05) is 6.54 Å². The standard InChI is InChI=1S/C13H24N2O3/c1-13(2,3)18-12(17)15-8-10(11(16)9-15)14-6-4-5-7-14/h10-11,16H,4-9H2,1-3H3/t10?,11-/m0/s1. The molecular formula is C13H24N2O3. The summed E-state index contributed by atoms with van der Waals surface area (Å²) in [5.74, 6) is 0. The monoisotopic (exact) mass is 256 g/mol. The minimum atomic E-state index is -0.478. The van der Waals surface area contributed by atoms with E-state index >= 15 is 0 Å². The smallest absolute Gasteiger partial charge is 0.410 e. The number of rotatable bonds is 1. The van der Waals surface area contributed by atoms with Crippen molar-refractivity contribution in [2.75, 3.05) is 26.2 Å². The number of carbonyl (C=O) groups is 1. The molecule has 2 saturated heterocycles. The van der Waals surface area contributed by atoms with Gasteiger partial charge in [0.05, 0.1) is 18.7 Å². The van der Waals surface area contributed by atoms with Crippen LogP contribution < -0.4 is 0 Å². The second-order valence-electron chi connectivity index (χ2n) is 6.26. The van der Waals surface area contributed by atoms with Crippen molar-refractivity contribution in [3.63, 3.8) is 0 Å². The van der Waals surface area contributed by atoms with Crippen LogP contribution in [0, 0.1) is 0 Å². The van der Waals surface area contributed by atoms with Gasteiger partial charge in [0.25, 0.3) is 0 Å². The molecule has 0 aromatic carbocycles. The fraction of sp³-hybridized carbons (Fsp3) is 0.923. The first-order chi connectivity index (χ1) is 8.37. The molecule has 0 spiro atoms. The van der Waals surface area contributed by atoms with E-state index in [1.165, 1.54) is 12.8 Å². The van der Waals surface area contributed by atoms with Gasteiger partial charge in [-0.2, -0.15) is 0 Å². The van der Waals surface area contributed by atoms with Gasteiger partial charge in [0.1, 0.15) is 5.60 Å². The third-order valence-corrected chi connectivity index (χ3v) is 3.52. The third kappa shape index (κ3) is 3.14. The SMILES string of the molecule is CC(C)(C)OC(=O)N1CC(N2CCCC2)[C@@H](O)C1. The topological polar surface area (TPSA) is 53.0 Å². The number of hydrogen-bond donors (Lipinski definition) is 1. The summed E-state index contributed by atoms with van der Waals surface area (Å²) in [5.41, 5.74) is -0.478. The first-order valence-corrected chi connectivity index (χ1v) is 6.77. The zero-order valence-electron chi connectivity index (χ0n) is 11.6. The molecule has 2 aliphatic rings. The van der Waals surface area contributed by atoms with Crippen molar-refractivity contribution in [2.24, 2.45) is 0 Å². The Balaban J connectivity index is 1.91. The fourth-order valence-corrected chi connectivity index (χ4v) is 2.68. The Morgan fingerprint density at radius 3 is 2.39 bits per heavy atom. The summed E-state index contributed by atoms with van der Waals surface area (Å²) in [6, 6.07) is 0.0834. The van der Waals surface area contributed by atoms with E-state index in [2.05, 4.69) is 4.90 Å². The molecule has 18 heavy (non-hydrogen) atoms. The molecule has 1 N–H and O–H groups in total. The van der Waals surface area contributed by atoms with Crippen LogP contribution in [0.4, 0.5) is 4.79 Å². The van der Waals surface area contributed by atoms with Crippen LogP contribution in [0.15, 0.2) is 0 Å². The Hall–Kier alpha value is -0.810. The Bertz CT molecular complexity index is 308. The van der Waals surface area contributed by atoms with E-state index in [4.69, 9.17) is 4.74 Å². The van der Waals surface area contributed by atoms with Crippen molar-refractivity contribution < 1.29 is 14.6 Å². The van der Waals surface area contributed by atoms with Gasteiger partial charge in [-0.3, -0.25) is 4.90 Å². The van der Waals surface area contributed by atoms with E-state index in [1.807, 2.05) is 20.8 Å². The van der Waals surface area contributed by atoms with Gasteiger partial charge >= 0.3 is 6.09 Å². The second kappa shape index (κ2) is 5.05. The highest BCUT2D eigenvalue weighted by atomic mass is 16.6. The summed E-state index contributed by atoms with van der Waals surface area (Å²) in [6.45, 7) is 8.60. The second-order valence-corrected chi connectivity index (χ2v) is 6.26. The highest BCUT2D eigenvalue weighted by molar-refractivity contribution is 5.68. The van der Waals surface area contributed by atoms with E-state index in [9.17, 15) is 9.90 Å². The molecule has 0 aromatic rings. The summed E-state index contributed by atoms with van der Waals surface area (Å²) < 4.78 is 5.34. The van der Waals surface area contributed by atoms with Gasteiger partial charge in [-0.1, -0.05) is 0 Å². The van der Waals surface area contributed by atoms with E-state index in [0.717, 1.165) is 13.1 Å². The quantitative estimate of drug-likeness (QED) is 0.762. The number of carbonyl (C=O) groups excluding carboxylic acids is 1. The van der Waals surface area contributed by atoms with Crippen LogP contribution in [0.5, 0.6) is 0 Å². The molecule has 5 nitrogen and oxygen atoms in total. The molecule has 0 aliphatic carbocycles. The van der Waals surface area contributed by atoms with E-state index in [1.54, 1.807) is 4.90 Å². The first-order valence-electron chi connectivity index (χ1n) is 6.77. The number of β-amino-alcohol motifs (C(OH)–C–C–N with tert-alkyl or cyclic N) is 1. The molecule has 5 heteroatoms. The average molecular weight is 256 g/mol. The molecule has 0 aromatic heterocycles. The maximum atomic E-state index is 11.9. The zero-order chi connectivity index (χ0) is 13.3. The maximum Gasteiger partial charge on any atom is 0.410 e. The lowest BCUT2D eigenvalue weighted by Gasteiger charge is -2.26. The summed E-state index contributed by atoms with van der Waals surface area (Å²) in [4.78, 5) is 15.9. The molecular weight excluding hydrogens is 232 g/mol. The molecule has 0 saturated carbocycles. The lowest BCUT2D eigenvalue weighted by Crippen LogP contribution is -2.42. The van der Waals surface area contributed by atoms with Crippen molar-refractivity contribution in [3.8, 4) is 0 Å². The van der Waals surface area contributed by atoms with Gasteiger partial charge in [-0.25, -0.2) is 4.79 Å². The van der Waals surface area contributed by atoms with Gasteiger partial charge in [0.2, 0.25) is 0 Å². The van der Waals surface area contributed by atoms with Crippen LogP contribution in [-0.4, -0.2) is 64.9 Å². The zero-order valence-corrected chi connectivity index (χ0v) is 11.6. The normalized spacial score (nSPS) is 29.9. The Morgan fingerprint density at radius 2 is 1.83 bits per heavy atom. The highest BCUT2D eigenvalue weighted by Gasteiger charge is 2.39. The number of aliphatic hydroxyl groups is 1. The van der Waals surface area contributed by atoms with E-state index < -0.39 is 11.7 Å². The van der Waals surface area contributed by atoms with Crippen molar-refractivity contribution in [3.05, 3.63) is 0 Å². The van der Waals surface area contributed by atoms with E-state index in [-0.39, 0.29) is 12.1 Å². The molecule has 2 atom stereocenters. The molecule has 2 rings (SSSR count). The molecule has 2 aliphatic heterocycles. The van der Waals surface area contributed by atoms with Crippen molar-refractivity contribution in [1.82, 2.24) is 9.80 Å². The minimum Gasteiger partial charge on any atom is -0.444 e. The fourth-order valence-electron chi connectivity index (χ4n) is 2.68. The summed E-state index contributed by atoms with van der Waals surface area (Å²) >= 11 is 0. The number of amides is 1. The highest BCUT2D eigenvalue weighted by Crippen LogP contribution is 2.22. The summed E-state index contributed by atoms with van der Waals surface area (Å²) in [6.07, 6.45) is 1.62. The number of nitrogens with zero attached hydrogens (tertiary/aromatic N) is 2. The number of aliphatic hydroxyl groups excluding tert-OH is 1. The van der Waals surface area contributed by atoms with Crippen molar-refractivity contribution in [2.45, 2.75) is 51.4 Å². The molecule has 0 radical (unpaired) electrons. The predicted octanol–water partition coefficient (Wildman–Crippen LogP) is 1.06. The molecule has 1 amide bonds. The van der Waals surface area contributed by atoms with Crippen LogP contribution >= 0.6 is 0 Å². The molecule has 0 bridgehead atoms. The van der Waals surface area contributed by atoms with Crippen LogP contribution in [-0.2, 0) is 4.74 Å².